The van der Waals surface area contributed by atoms with Crippen molar-refractivity contribution in [2.45, 2.75) is 6.92 Å². The SMILES string of the molecule is COCCOc1cccc(NC(=O)Nc2cc(C)nc3ccc(Br)cc23)c1. The average Bonchev–Trinajstić information content (AvgIpc) is 2.63. The number of amides is 2. The Balaban J connectivity index is 1.74. The molecule has 27 heavy (non-hydrogen) atoms. The van der Waals surface area contributed by atoms with Gasteiger partial charge in [0.15, 0.2) is 0 Å². The van der Waals surface area contributed by atoms with E-state index in [9.17, 15) is 4.79 Å². The van der Waals surface area contributed by atoms with Crippen molar-refractivity contribution in [1.82, 2.24) is 4.98 Å². The summed E-state index contributed by atoms with van der Waals surface area (Å²) >= 11 is 3.46. The largest absolute Gasteiger partial charge is 0.491 e. The maximum atomic E-state index is 12.5. The van der Waals surface area contributed by atoms with E-state index in [1.807, 2.05) is 43.3 Å². The fourth-order valence-corrected chi connectivity index (χ4v) is 2.99. The van der Waals surface area contributed by atoms with Crippen LogP contribution in [0.2, 0.25) is 0 Å². The monoisotopic (exact) mass is 429 g/mol. The zero-order valence-electron chi connectivity index (χ0n) is 15.1. The minimum atomic E-state index is -0.337. The molecular weight excluding hydrogens is 410 g/mol. The second-order valence-corrected chi connectivity index (χ2v) is 6.84. The molecule has 6 nitrogen and oxygen atoms in total. The molecule has 0 saturated heterocycles. The Bertz CT molecular complexity index is 962. The van der Waals surface area contributed by atoms with Gasteiger partial charge in [-0.3, -0.25) is 4.98 Å². The normalized spacial score (nSPS) is 10.6. The molecule has 0 aliphatic rings. The second-order valence-electron chi connectivity index (χ2n) is 5.92. The second kappa shape index (κ2) is 8.83. The van der Waals surface area contributed by atoms with Crippen LogP contribution in [-0.2, 0) is 4.74 Å². The predicted molar refractivity (Wildman–Crippen MR) is 111 cm³/mol. The van der Waals surface area contributed by atoms with Gasteiger partial charge in [-0.25, -0.2) is 4.79 Å². The number of urea groups is 1. The standard InChI is InChI=1S/C20H20BrN3O3/c1-13-10-19(17-11-14(21)6-7-18(17)22-13)24-20(25)23-15-4-3-5-16(12-15)27-9-8-26-2/h3-7,10-12H,8-9H2,1-2H3,(H2,22,23,24,25). The van der Waals surface area contributed by atoms with Gasteiger partial charge in [0.1, 0.15) is 12.4 Å². The van der Waals surface area contributed by atoms with Crippen LogP contribution in [0.3, 0.4) is 0 Å². The van der Waals surface area contributed by atoms with Crippen LogP contribution < -0.4 is 15.4 Å². The molecule has 0 fully saturated rings. The lowest BCUT2D eigenvalue weighted by molar-refractivity contribution is 0.146. The summed E-state index contributed by atoms with van der Waals surface area (Å²) in [6.07, 6.45) is 0. The van der Waals surface area contributed by atoms with E-state index in [2.05, 4.69) is 31.5 Å². The van der Waals surface area contributed by atoms with E-state index in [1.54, 1.807) is 19.2 Å². The van der Waals surface area contributed by atoms with Gasteiger partial charge in [-0.05, 0) is 43.3 Å². The summed E-state index contributed by atoms with van der Waals surface area (Å²) in [7, 11) is 1.62. The maximum absolute atomic E-state index is 12.5. The van der Waals surface area contributed by atoms with Crippen LogP contribution >= 0.6 is 15.9 Å². The highest BCUT2D eigenvalue weighted by atomic mass is 79.9. The summed E-state index contributed by atoms with van der Waals surface area (Å²) in [5.74, 6) is 0.666. The molecule has 0 aliphatic heterocycles. The molecule has 0 radical (unpaired) electrons. The van der Waals surface area contributed by atoms with E-state index in [1.165, 1.54) is 0 Å². The van der Waals surface area contributed by atoms with Gasteiger partial charge < -0.3 is 20.1 Å². The number of benzene rings is 2. The molecule has 0 atom stereocenters. The van der Waals surface area contributed by atoms with Crippen molar-refractivity contribution in [3.05, 3.63) is 58.7 Å². The molecular formula is C20H20BrN3O3. The Morgan fingerprint density at radius 3 is 2.78 bits per heavy atom. The number of nitrogens with one attached hydrogen (secondary N) is 2. The number of halogens is 1. The molecule has 140 valence electrons. The van der Waals surface area contributed by atoms with E-state index in [4.69, 9.17) is 9.47 Å². The Morgan fingerprint density at radius 1 is 1.11 bits per heavy atom. The van der Waals surface area contributed by atoms with Crippen LogP contribution in [-0.4, -0.2) is 31.3 Å². The van der Waals surface area contributed by atoms with Crippen molar-refractivity contribution in [3.63, 3.8) is 0 Å². The highest BCUT2D eigenvalue weighted by molar-refractivity contribution is 9.10. The van der Waals surface area contributed by atoms with E-state index < -0.39 is 0 Å². The smallest absolute Gasteiger partial charge is 0.323 e. The van der Waals surface area contributed by atoms with Gasteiger partial charge >= 0.3 is 6.03 Å². The van der Waals surface area contributed by atoms with Gasteiger partial charge in [-0.15, -0.1) is 0 Å². The van der Waals surface area contributed by atoms with Gasteiger partial charge in [0.2, 0.25) is 0 Å². The molecule has 2 aromatic carbocycles. The number of aromatic nitrogens is 1. The minimum Gasteiger partial charge on any atom is -0.491 e. The van der Waals surface area contributed by atoms with E-state index in [-0.39, 0.29) is 6.03 Å². The Hall–Kier alpha value is -2.64. The number of fused-ring (bicyclic) bond motifs is 1. The first-order chi connectivity index (χ1) is 13.0. The van der Waals surface area contributed by atoms with Crippen LogP contribution in [0.15, 0.2) is 53.0 Å². The number of carbonyl (C=O) groups is 1. The lowest BCUT2D eigenvalue weighted by Crippen LogP contribution is -2.19. The van der Waals surface area contributed by atoms with Crippen molar-refractivity contribution in [1.29, 1.82) is 0 Å². The first-order valence-corrected chi connectivity index (χ1v) is 9.21. The van der Waals surface area contributed by atoms with Gasteiger partial charge in [-0.1, -0.05) is 22.0 Å². The molecule has 0 bridgehead atoms. The topological polar surface area (TPSA) is 72.5 Å². The van der Waals surface area contributed by atoms with Gasteiger partial charge in [-0.2, -0.15) is 0 Å². The lowest BCUT2D eigenvalue weighted by atomic mass is 10.1. The van der Waals surface area contributed by atoms with Crippen molar-refractivity contribution in [2.24, 2.45) is 0 Å². The van der Waals surface area contributed by atoms with E-state index in [0.29, 0.717) is 30.3 Å². The number of nitrogens with zero attached hydrogens (tertiary/aromatic N) is 1. The van der Waals surface area contributed by atoms with Crippen molar-refractivity contribution < 1.29 is 14.3 Å². The summed E-state index contributed by atoms with van der Waals surface area (Å²) in [6, 6.07) is 14.5. The number of methoxy groups -OCH3 is 1. The number of ether oxygens (including phenoxy) is 2. The van der Waals surface area contributed by atoms with E-state index in [0.717, 1.165) is 21.1 Å². The number of hydrogen-bond donors (Lipinski definition) is 2. The van der Waals surface area contributed by atoms with Crippen molar-refractivity contribution in [3.8, 4) is 5.75 Å². The van der Waals surface area contributed by atoms with Gasteiger partial charge in [0.25, 0.3) is 0 Å². The number of rotatable bonds is 6. The first kappa shape index (κ1) is 19.1. The maximum Gasteiger partial charge on any atom is 0.323 e. The minimum absolute atomic E-state index is 0.337. The number of pyridine rings is 1. The van der Waals surface area contributed by atoms with Gasteiger partial charge in [0, 0.05) is 34.4 Å². The fourth-order valence-electron chi connectivity index (χ4n) is 2.62. The number of hydrogen-bond acceptors (Lipinski definition) is 4. The van der Waals surface area contributed by atoms with Crippen LogP contribution in [0.1, 0.15) is 5.69 Å². The molecule has 3 rings (SSSR count). The first-order valence-electron chi connectivity index (χ1n) is 8.42. The van der Waals surface area contributed by atoms with Crippen LogP contribution in [0.4, 0.5) is 16.2 Å². The Labute approximate surface area is 166 Å². The third kappa shape index (κ3) is 5.18. The molecule has 1 heterocycles. The molecule has 7 heteroatoms. The van der Waals surface area contributed by atoms with E-state index >= 15 is 0 Å². The molecule has 3 aromatic rings. The fraction of sp³-hybridized carbons (Fsp3) is 0.200. The molecule has 0 spiro atoms. The summed E-state index contributed by atoms with van der Waals surface area (Å²) in [5.41, 5.74) is 2.98. The zero-order chi connectivity index (χ0) is 19.2. The highest BCUT2D eigenvalue weighted by Gasteiger charge is 2.09. The average molecular weight is 430 g/mol. The van der Waals surface area contributed by atoms with Crippen molar-refractivity contribution >= 4 is 44.2 Å². The quantitative estimate of drug-likeness (QED) is 0.542. The van der Waals surface area contributed by atoms with Crippen LogP contribution in [0.25, 0.3) is 10.9 Å². The molecule has 0 saturated carbocycles. The molecule has 2 N–H and O–H groups in total. The van der Waals surface area contributed by atoms with Crippen molar-refractivity contribution in [2.75, 3.05) is 31.0 Å². The third-order valence-corrected chi connectivity index (χ3v) is 4.29. The van der Waals surface area contributed by atoms with Crippen LogP contribution in [0.5, 0.6) is 5.75 Å². The predicted octanol–water partition coefficient (Wildman–Crippen LogP) is 4.97. The van der Waals surface area contributed by atoms with Crippen LogP contribution in [0, 0.1) is 6.92 Å². The molecule has 2 amide bonds. The summed E-state index contributed by atoms with van der Waals surface area (Å²) < 4.78 is 11.4. The lowest BCUT2D eigenvalue weighted by Gasteiger charge is -2.12. The number of carbonyl (C=O) groups excluding carboxylic acids is 1. The summed E-state index contributed by atoms with van der Waals surface area (Å²) in [5, 5.41) is 6.59. The Morgan fingerprint density at radius 2 is 1.96 bits per heavy atom. The zero-order valence-corrected chi connectivity index (χ0v) is 16.7. The summed E-state index contributed by atoms with van der Waals surface area (Å²) in [6.45, 7) is 2.84. The molecule has 1 aromatic heterocycles. The Kier molecular flexibility index (Phi) is 6.26. The van der Waals surface area contributed by atoms with Gasteiger partial charge in [0.05, 0.1) is 17.8 Å². The number of anilines is 2. The molecule has 0 aliphatic carbocycles. The highest BCUT2D eigenvalue weighted by Crippen LogP contribution is 2.27. The summed E-state index contributed by atoms with van der Waals surface area (Å²) in [4.78, 5) is 17.0. The molecule has 0 unspecified atom stereocenters. The third-order valence-electron chi connectivity index (χ3n) is 3.80. The number of aryl methyl sites for hydroxylation is 1.